The molecule has 0 aromatic carbocycles. The minimum absolute atomic E-state index is 0.197. The van der Waals surface area contributed by atoms with E-state index in [0.717, 1.165) is 6.92 Å². The van der Waals surface area contributed by atoms with E-state index in [1.54, 1.807) is 0 Å². The first-order valence-electron chi connectivity index (χ1n) is 4.90. The highest BCUT2D eigenvalue weighted by Crippen LogP contribution is 2.15. The van der Waals surface area contributed by atoms with Crippen molar-refractivity contribution in [1.82, 2.24) is 0 Å². The number of aliphatic carboxylic acids is 1. The summed E-state index contributed by atoms with van der Waals surface area (Å²) < 4.78 is 0. The molecule has 0 aliphatic carbocycles. The van der Waals surface area contributed by atoms with Gasteiger partial charge in [0.05, 0.1) is 14.7 Å². The van der Waals surface area contributed by atoms with Gasteiger partial charge in [0.1, 0.15) is 0 Å². The summed E-state index contributed by atoms with van der Waals surface area (Å²) in [5.41, 5.74) is 2.24. The van der Waals surface area contributed by atoms with Gasteiger partial charge in [-0.1, -0.05) is 44.3 Å². The number of aliphatic hydroxyl groups is 1. The summed E-state index contributed by atoms with van der Waals surface area (Å²) in [6, 6.07) is 2.56. The van der Waals surface area contributed by atoms with Gasteiger partial charge in [-0.2, -0.15) is 0 Å². The van der Waals surface area contributed by atoms with E-state index in [9.17, 15) is 0 Å². The molecule has 0 atom stereocenters. The fourth-order valence-corrected chi connectivity index (χ4v) is 2.47. The zero-order valence-electron chi connectivity index (χ0n) is 9.58. The molecule has 0 unspecified atom stereocenters. The van der Waals surface area contributed by atoms with E-state index in [2.05, 4.69) is 26.1 Å². The van der Waals surface area contributed by atoms with Crippen molar-refractivity contribution in [2.75, 3.05) is 6.61 Å². The van der Waals surface area contributed by atoms with Gasteiger partial charge >= 0.3 is 0 Å². The summed E-state index contributed by atoms with van der Waals surface area (Å²) in [6.45, 7) is 8.09. The highest BCUT2D eigenvalue weighted by molar-refractivity contribution is 6.83. The van der Waals surface area contributed by atoms with Crippen molar-refractivity contribution in [3.8, 4) is 0 Å². The Bertz CT molecular complexity index is 170. The van der Waals surface area contributed by atoms with Crippen LogP contribution in [0.2, 0.25) is 18.6 Å². The second-order valence-corrected chi connectivity index (χ2v) is 8.52. The highest BCUT2D eigenvalue weighted by Gasteiger charge is 2.17. The third-order valence-corrected chi connectivity index (χ3v) is 6.51. The Morgan fingerprint density at radius 1 is 1.36 bits per heavy atom. The molecule has 0 bridgehead atoms. The van der Waals surface area contributed by atoms with Crippen molar-refractivity contribution >= 4 is 14.0 Å². The maximum absolute atomic E-state index is 9.00. The normalized spacial score (nSPS) is 10.9. The molecule has 0 rings (SSSR count). The number of carboxylic acid groups (broad SMARTS) is 1. The second kappa shape index (κ2) is 8.96. The van der Waals surface area contributed by atoms with Gasteiger partial charge in [-0.3, -0.25) is 4.79 Å². The van der Waals surface area contributed by atoms with Crippen molar-refractivity contribution in [3.05, 3.63) is 11.8 Å². The topological polar surface area (TPSA) is 57.5 Å². The summed E-state index contributed by atoms with van der Waals surface area (Å²) in [5.74, 6) is -0.833. The Hall–Kier alpha value is -0.613. The summed E-state index contributed by atoms with van der Waals surface area (Å²) in [5, 5.41) is 16.0. The highest BCUT2D eigenvalue weighted by atomic mass is 28.3. The molecule has 0 aromatic heterocycles. The van der Waals surface area contributed by atoms with E-state index in [-0.39, 0.29) is 6.61 Å². The maximum Gasteiger partial charge on any atom is 0.300 e. The molecule has 0 aromatic rings. The van der Waals surface area contributed by atoms with Gasteiger partial charge in [0.2, 0.25) is 0 Å². The Balaban J connectivity index is 0. The summed E-state index contributed by atoms with van der Waals surface area (Å²) in [7, 11) is -1.06. The third-order valence-electron chi connectivity index (χ3n) is 2.24. The number of rotatable bonds is 4. The van der Waals surface area contributed by atoms with E-state index in [4.69, 9.17) is 15.0 Å². The van der Waals surface area contributed by atoms with Crippen molar-refractivity contribution < 1.29 is 15.0 Å². The zero-order valence-corrected chi connectivity index (χ0v) is 10.6. The van der Waals surface area contributed by atoms with Gasteiger partial charge in [0.25, 0.3) is 5.97 Å². The Morgan fingerprint density at radius 3 is 1.93 bits per heavy atom. The van der Waals surface area contributed by atoms with E-state index in [0.29, 0.717) is 0 Å². The van der Waals surface area contributed by atoms with Gasteiger partial charge in [-0.25, -0.2) is 0 Å². The molecule has 0 aliphatic heterocycles. The molecule has 2 N–H and O–H groups in total. The smallest absolute Gasteiger partial charge is 0.300 e. The molecular weight excluding hydrogens is 196 g/mol. The van der Waals surface area contributed by atoms with Gasteiger partial charge in [-0.05, 0) is 0 Å². The van der Waals surface area contributed by atoms with Crippen LogP contribution < -0.4 is 0 Å². The van der Waals surface area contributed by atoms with Crippen LogP contribution in [-0.4, -0.2) is 30.9 Å². The number of carbonyl (C=O) groups is 1. The number of carboxylic acids is 1. The molecule has 0 spiro atoms. The van der Waals surface area contributed by atoms with E-state index in [1.165, 1.54) is 12.1 Å². The summed E-state index contributed by atoms with van der Waals surface area (Å²) in [6.07, 6.45) is 1.89. The molecule has 0 saturated carbocycles. The predicted molar refractivity (Wildman–Crippen MR) is 62.1 cm³/mol. The van der Waals surface area contributed by atoms with Crippen LogP contribution in [0.4, 0.5) is 0 Å². The monoisotopic (exact) mass is 218 g/mol. The van der Waals surface area contributed by atoms with E-state index in [1.807, 2.05) is 6.08 Å². The van der Waals surface area contributed by atoms with Crippen LogP contribution in [0.5, 0.6) is 0 Å². The molecule has 0 amide bonds. The lowest BCUT2D eigenvalue weighted by atomic mass is 10.7. The average molecular weight is 218 g/mol. The molecule has 0 saturated heterocycles. The van der Waals surface area contributed by atoms with Crippen LogP contribution in [0.15, 0.2) is 11.8 Å². The zero-order chi connectivity index (χ0) is 11.6. The fraction of sp³-hybridized carbons (Fsp3) is 0.700. The van der Waals surface area contributed by atoms with Crippen molar-refractivity contribution in [2.45, 2.75) is 39.4 Å². The quantitative estimate of drug-likeness (QED) is 0.712. The average Bonchev–Trinajstić information content (AvgIpc) is 2.13. The molecule has 0 heterocycles. The molecule has 0 aliphatic rings. The second-order valence-electron chi connectivity index (χ2n) is 3.47. The number of aliphatic hydroxyl groups excluding tert-OH is 1. The first-order valence-corrected chi connectivity index (χ1v) is 7.89. The molecule has 84 valence electrons. The van der Waals surface area contributed by atoms with Gasteiger partial charge in [-0.15, -0.1) is 0 Å². The van der Waals surface area contributed by atoms with Crippen molar-refractivity contribution in [2.24, 2.45) is 0 Å². The lowest BCUT2D eigenvalue weighted by molar-refractivity contribution is -0.134. The van der Waals surface area contributed by atoms with Gasteiger partial charge < -0.3 is 10.2 Å². The standard InChI is InChI=1S/C8H18OSi.C2H4O2/c1-4-10(3,5-2)8-6-7-9;1-2(3)4/h6,8-9H,4-5,7H2,1-3H3;1H3,(H,3,4). The molecule has 4 heteroatoms. The number of hydrogen-bond acceptors (Lipinski definition) is 2. The first kappa shape index (κ1) is 15.8. The van der Waals surface area contributed by atoms with Crippen LogP contribution >= 0.6 is 0 Å². The summed E-state index contributed by atoms with van der Waals surface area (Å²) >= 11 is 0. The Labute approximate surface area is 87.5 Å². The Morgan fingerprint density at radius 2 is 1.71 bits per heavy atom. The van der Waals surface area contributed by atoms with E-state index >= 15 is 0 Å². The third kappa shape index (κ3) is 11.4. The van der Waals surface area contributed by atoms with Gasteiger partial charge in [0.15, 0.2) is 0 Å². The van der Waals surface area contributed by atoms with Crippen LogP contribution in [0.3, 0.4) is 0 Å². The van der Waals surface area contributed by atoms with Crippen molar-refractivity contribution in [3.63, 3.8) is 0 Å². The lowest BCUT2D eigenvalue weighted by Crippen LogP contribution is -2.24. The van der Waals surface area contributed by atoms with E-state index < -0.39 is 14.0 Å². The SMILES string of the molecule is CC(=O)O.CC[Si](C)(C=CCO)CC. The minimum Gasteiger partial charge on any atom is -0.481 e. The molecule has 0 radical (unpaired) electrons. The van der Waals surface area contributed by atoms with Crippen LogP contribution in [-0.2, 0) is 4.79 Å². The molecule has 0 fully saturated rings. The minimum atomic E-state index is -1.06. The van der Waals surface area contributed by atoms with Crippen LogP contribution in [0.25, 0.3) is 0 Å². The van der Waals surface area contributed by atoms with Gasteiger partial charge in [0, 0.05) is 6.92 Å². The Kier molecular flexibility index (Phi) is 10.1. The predicted octanol–water partition coefficient (Wildman–Crippen LogP) is 2.28. The summed E-state index contributed by atoms with van der Waals surface area (Å²) in [4.78, 5) is 9.00. The first-order chi connectivity index (χ1) is 6.41. The largest absolute Gasteiger partial charge is 0.481 e. The molecular formula is C10H22O3Si. The maximum atomic E-state index is 9.00. The van der Waals surface area contributed by atoms with Crippen LogP contribution in [0.1, 0.15) is 20.8 Å². The molecule has 3 nitrogen and oxygen atoms in total. The van der Waals surface area contributed by atoms with Crippen LogP contribution in [0, 0.1) is 0 Å². The molecule has 14 heavy (non-hydrogen) atoms. The number of hydrogen-bond donors (Lipinski definition) is 2. The fourth-order valence-electron chi connectivity index (χ4n) is 0.823. The van der Waals surface area contributed by atoms with Crippen molar-refractivity contribution in [1.29, 1.82) is 0 Å². The lowest BCUT2D eigenvalue weighted by Gasteiger charge is -2.18.